The number of likely N-dealkylation sites (tertiary alicyclic amines) is 1. The van der Waals surface area contributed by atoms with Gasteiger partial charge in [-0.2, -0.15) is 0 Å². The summed E-state index contributed by atoms with van der Waals surface area (Å²) in [4.78, 5) is 17.1. The average molecular weight is 419 g/mol. The van der Waals surface area contributed by atoms with Crippen molar-refractivity contribution in [2.75, 3.05) is 26.7 Å². The Kier molecular flexibility index (Phi) is 6.96. The lowest BCUT2D eigenvalue weighted by atomic mass is 9.84. The van der Waals surface area contributed by atoms with E-state index in [1.807, 2.05) is 0 Å². The van der Waals surface area contributed by atoms with Gasteiger partial charge in [0.05, 0.1) is 6.26 Å². The molecule has 0 N–H and O–H groups in total. The molecule has 164 valence electrons. The Balaban J connectivity index is 1.78. The first-order valence-electron chi connectivity index (χ1n) is 10.6. The van der Waals surface area contributed by atoms with Crippen LogP contribution in [-0.4, -0.2) is 48.4 Å². The lowest BCUT2D eigenvalue weighted by Crippen LogP contribution is -2.48. The first-order valence-corrected chi connectivity index (χ1v) is 10.6. The number of carbonyl (C=O) groups is 1. The summed E-state index contributed by atoms with van der Waals surface area (Å²) in [7, 11) is 1.75. The van der Waals surface area contributed by atoms with Crippen molar-refractivity contribution in [2.45, 2.75) is 46.1 Å². The highest BCUT2D eigenvalue weighted by molar-refractivity contribution is 5.91. The van der Waals surface area contributed by atoms with Crippen LogP contribution in [0.25, 0.3) is 0 Å². The Labute approximate surface area is 177 Å². The molecule has 2 heterocycles. The maximum absolute atomic E-state index is 14.4. The molecule has 1 aromatic carbocycles. The zero-order valence-corrected chi connectivity index (χ0v) is 18.3. The van der Waals surface area contributed by atoms with Crippen LogP contribution in [0.1, 0.15) is 49.7 Å². The summed E-state index contributed by atoms with van der Waals surface area (Å²) in [6, 6.07) is 6.79. The van der Waals surface area contributed by atoms with Crippen LogP contribution in [0.15, 0.2) is 41.0 Å². The second-order valence-corrected chi connectivity index (χ2v) is 9.57. The molecule has 1 atom stereocenters. The maximum Gasteiger partial charge on any atom is 0.289 e. The second kappa shape index (κ2) is 9.29. The highest BCUT2D eigenvalue weighted by Gasteiger charge is 2.34. The van der Waals surface area contributed by atoms with Crippen LogP contribution < -0.4 is 0 Å². The maximum atomic E-state index is 14.4. The van der Waals surface area contributed by atoms with Crippen LogP contribution in [-0.2, 0) is 6.42 Å². The number of benzene rings is 1. The summed E-state index contributed by atoms with van der Waals surface area (Å²) in [5.74, 6) is -0.876. The lowest BCUT2D eigenvalue weighted by Gasteiger charge is -2.41. The zero-order chi connectivity index (χ0) is 21.9. The Hall–Kier alpha value is -2.21. The average Bonchev–Trinajstić information content (AvgIpc) is 3.21. The predicted octanol–water partition coefficient (Wildman–Crippen LogP) is 5.00. The van der Waals surface area contributed by atoms with Crippen LogP contribution in [0.3, 0.4) is 0 Å². The Bertz CT molecular complexity index is 837. The van der Waals surface area contributed by atoms with Crippen molar-refractivity contribution < 1.29 is 18.0 Å². The number of rotatable bonds is 6. The zero-order valence-electron chi connectivity index (χ0n) is 18.3. The first kappa shape index (κ1) is 22.5. The monoisotopic (exact) mass is 418 g/mol. The minimum atomic E-state index is -0.594. The van der Waals surface area contributed by atoms with E-state index in [1.165, 1.54) is 18.4 Å². The second-order valence-electron chi connectivity index (χ2n) is 9.57. The quantitative estimate of drug-likeness (QED) is 0.663. The minimum absolute atomic E-state index is 0.195. The van der Waals surface area contributed by atoms with Gasteiger partial charge >= 0.3 is 0 Å². The summed E-state index contributed by atoms with van der Waals surface area (Å²) < 4.78 is 33.1. The van der Waals surface area contributed by atoms with Gasteiger partial charge in [-0.15, -0.1) is 0 Å². The number of carbonyl (C=O) groups excluding carboxylic acids is 1. The van der Waals surface area contributed by atoms with E-state index in [4.69, 9.17) is 4.42 Å². The minimum Gasteiger partial charge on any atom is -0.459 e. The van der Waals surface area contributed by atoms with Gasteiger partial charge in [0.25, 0.3) is 5.91 Å². The highest BCUT2D eigenvalue weighted by Crippen LogP contribution is 2.29. The van der Waals surface area contributed by atoms with E-state index >= 15 is 0 Å². The van der Waals surface area contributed by atoms with E-state index in [0.717, 1.165) is 38.5 Å². The molecule has 1 amide bonds. The molecular formula is C24H32F2N2O2. The van der Waals surface area contributed by atoms with Gasteiger partial charge in [-0.3, -0.25) is 4.79 Å². The molecule has 0 aliphatic carbocycles. The van der Waals surface area contributed by atoms with Gasteiger partial charge in [-0.05, 0) is 67.4 Å². The van der Waals surface area contributed by atoms with Crippen molar-refractivity contribution in [3.63, 3.8) is 0 Å². The molecule has 1 saturated heterocycles. The molecule has 3 rings (SSSR count). The Morgan fingerprint density at radius 3 is 2.50 bits per heavy atom. The summed E-state index contributed by atoms with van der Waals surface area (Å²) >= 11 is 0. The predicted molar refractivity (Wildman–Crippen MR) is 113 cm³/mol. The van der Waals surface area contributed by atoms with Crippen molar-refractivity contribution in [1.82, 2.24) is 9.80 Å². The van der Waals surface area contributed by atoms with E-state index in [-0.39, 0.29) is 29.0 Å². The molecule has 1 unspecified atom stereocenters. The van der Waals surface area contributed by atoms with Crippen LogP contribution in [0, 0.1) is 23.0 Å². The number of hydrogen-bond donors (Lipinski definition) is 0. The van der Waals surface area contributed by atoms with Crippen molar-refractivity contribution in [2.24, 2.45) is 11.3 Å². The number of nitrogens with zero attached hydrogens (tertiary/aromatic N) is 2. The van der Waals surface area contributed by atoms with Crippen molar-refractivity contribution in [3.05, 3.63) is 59.6 Å². The fraction of sp³-hybridized carbons (Fsp3) is 0.542. The molecule has 1 fully saturated rings. The summed E-state index contributed by atoms with van der Waals surface area (Å²) in [5, 5.41) is 0. The Morgan fingerprint density at radius 1 is 1.23 bits per heavy atom. The molecule has 1 aromatic heterocycles. The molecular weight excluding hydrogens is 386 g/mol. The van der Waals surface area contributed by atoms with Gasteiger partial charge in [0.1, 0.15) is 11.6 Å². The molecule has 30 heavy (non-hydrogen) atoms. The normalized spacial score (nSPS) is 17.1. The smallest absolute Gasteiger partial charge is 0.289 e. The van der Waals surface area contributed by atoms with E-state index < -0.39 is 11.6 Å². The molecule has 0 bridgehead atoms. The molecule has 0 radical (unpaired) electrons. The topological polar surface area (TPSA) is 36.7 Å². The van der Waals surface area contributed by atoms with Crippen LogP contribution in [0.4, 0.5) is 8.78 Å². The SMILES string of the molecule is CN(C(=O)c1ccco1)C(Cc1ccc(F)cc1F)C1CCN(CC(C)(C)C)CC1. The van der Waals surface area contributed by atoms with Gasteiger partial charge in [0.2, 0.25) is 0 Å². The largest absolute Gasteiger partial charge is 0.459 e. The van der Waals surface area contributed by atoms with E-state index in [0.29, 0.717) is 12.0 Å². The van der Waals surface area contributed by atoms with Gasteiger partial charge in [-0.1, -0.05) is 26.8 Å². The third-order valence-electron chi connectivity index (χ3n) is 5.87. The molecule has 1 aliphatic heterocycles. The van der Waals surface area contributed by atoms with Crippen LogP contribution >= 0.6 is 0 Å². The molecule has 1 aliphatic rings. The summed E-state index contributed by atoms with van der Waals surface area (Å²) in [5.41, 5.74) is 0.660. The molecule has 0 spiro atoms. The number of furan rings is 1. The number of piperidine rings is 1. The first-order chi connectivity index (χ1) is 14.1. The van der Waals surface area contributed by atoms with E-state index in [1.54, 1.807) is 24.1 Å². The van der Waals surface area contributed by atoms with Crippen LogP contribution in [0.2, 0.25) is 0 Å². The molecule has 2 aromatic rings. The van der Waals surface area contributed by atoms with Gasteiger partial charge < -0.3 is 14.2 Å². The third kappa shape index (κ3) is 5.69. The third-order valence-corrected chi connectivity index (χ3v) is 5.87. The van der Waals surface area contributed by atoms with Gasteiger partial charge in [0.15, 0.2) is 5.76 Å². The highest BCUT2D eigenvalue weighted by atomic mass is 19.1. The van der Waals surface area contributed by atoms with Gasteiger partial charge in [0, 0.05) is 25.7 Å². The number of hydrogen-bond acceptors (Lipinski definition) is 3. The number of halogens is 2. The summed E-state index contributed by atoms with van der Waals surface area (Å²) in [6.45, 7) is 9.62. The van der Waals surface area contributed by atoms with E-state index in [2.05, 4.69) is 25.7 Å². The molecule has 4 nitrogen and oxygen atoms in total. The molecule has 6 heteroatoms. The fourth-order valence-corrected chi connectivity index (χ4v) is 4.42. The van der Waals surface area contributed by atoms with E-state index in [9.17, 15) is 13.6 Å². The number of likely N-dealkylation sites (N-methyl/N-ethyl adjacent to an activating group) is 1. The summed E-state index contributed by atoms with van der Waals surface area (Å²) in [6.07, 6.45) is 3.68. The standard InChI is InChI=1S/C24H32F2N2O2/c1-24(2,3)16-28-11-9-17(10-12-28)21(14-18-7-8-19(25)15-20(18)26)27(4)23(29)22-6-5-13-30-22/h5-8,13,15,17,21H,9-12,14,16H2,1-4H3. The lowest BCUT2D eigenvalue weighted by molar-refractivity contribution is 0.0532. The molecule has 0 saturated carbocycles. The fourth-order valence-electron chi connectivity index (χ4n) is 4.42. The van der Waals surface area contributed by atoms with Crippen molar-refractivity contribution >= 4 is 5.91 Å². The number of amides is 1. The van der Waals surface area contributed by atoms with Crippen LogP contribution in [0.5, 0.6) is 0 Å². The van der Waals surface area contributed by atoms with Gasteiger partial charge in [-0.25, -0.2) is 8.78 Å². The Morgan fingerprint density at radius 2 is 1.93 bits per heavy atom. The van der Waals surface area contributed by atoms with Crippen molar-refractivity contribution in [1.29, 1.82) is 0 Å². The van der Waals surface area contributed by atoms with Crippen molar-refractivity contribution in [3.8, 4) is 0 Å².